The topological polar surface area (TPSA) is 66.4 Å². The highest BCUT2D eigenvalue weighted by Gasteiger charge is 2.19. The number of carbonyl (C=O) groups excluding carboxylic acids is 1. The second-order valence-electron chi connectivity index (χ2n) is 4.02. The van der Waals surface area contributed by atoms with Crippen molar-refractivity contribution in [2.75, 3.05) is 5.32 Å². The minimum Gasteiger partial charge on any atom is -0.478 e. The van der Waals surface area contributed by atoms with E-state index in [9.17, 15) is 18.4 Å². The third-order valence-electron chi connectivity index (χ3n) is 2.67. The molecule has 1 amide bonds. The Hall–Kier alpha value is -2.47. The number of carboxylic acid groups (broad SMARTS) is 1. The predicted octanol–water partition coefficient (Wildman–Crippen LogP) is 3.57. The Bertz CT molecular complexity index is 734. The molecule has 0 atom stereocenters. The summed E-state index contributed by atoms with van der Waals surface area (Å²) in [6.45, 7) is 0. The molecule has 2 aromatic carbocycles. The fraction of sp³-hybridized carbons (Fsp3) is 0. The van der Waals surface area contributed by atoms with E-state index in [2.05, 4.69) is 5.32 Å². The average Bonchev–Trinajstić information content (AvgIpc) is 2.41. The first kappa shape index (κ1) is 14.9. The molecule has 0 spiro atoms. The number of amides is 1. The molecule has 4 nitrogen and oxygen atoms in total. The highest BCUT2D eigenvalue weighted by molar-refractivity contribution is 6.34. The van der Waals surface area contributed by atoms with Crippen LogP contribution in [0.3, 0.4) is 0 Å². The third kappa shape index (κ3) is 3.00. The van der Waals surface area contributed by atoms with Gasteiger partial charge in [0.1, 0.15) is 17.2 Å². The minimum atomic E-state index is -1.53. The van der Waals surface area contributed by atoms with E-state index in [1.54, 1.807) is 0 Å². The molecule has 2 rings (SSSR count). The van der Waals surface area contributed by atoms with Crippen LogP contribution >= 0.6 is 11.6 Å². The number of aromatic carboxylic acids is 1. The number of anilines is 1. The first-order chi connectivity index (χ1) is 9.91. The molecular weight excluding hydrogens is 304 g/mol. The summed E-state index contributed by atoms with van der Waals surface area (Å²) in [5.74, 6) is -4.16. The van der Waals surface area contributed by atoms with Gasteiger partial charge in [-0.2, -0.15) is 0 Å². The van der Waals surface area contributed by atoms with Crippen molar-refractivity contribution < 1.29 is 23.5 Å². The molecule has 0 bridgehead atoms. The van der Waals surface area contributed by atoms with Gasteiger partial charge >= 0.3 is 5.97 Å². The van der Waals surface area contributed by atoms with Crippen LogP contribution in [-0.4, -0.2) is 17.0 Å². The normalized spacial score (nSPS) is 10.2. The van der Waals surface area contributed by atoms with Gasteiger partial charge in [-0.3, -0.25) is 4.79 Å². The monoisotopic (exact) mass is 311 g/mol. The average molecular weight is 312 g/mol. The molecule has 0 heterocycles. The van der Waals surface area contributed by atoms with Crippen molar-refractivity contribution in [3.05, 3.63) is 64.2 Å². The van der Waals surface area contributed by atoms with E-state index in [1.807, 2.05) is 0 Å². The molecule has 7 heteroatoms. The highest BCUT2D eigenvalue weighted by atomic mass is 35.5. The van der Waals surface area contributed by atoms with E-state index in [1.165, 1.54) is 24.3 Å². The van der Waals surface area contributed by atoms with Gasteiger partial charge in [-0.05, 0) is 24.3 Å². The summed E-state index contributed by atoms with van der Waals surface area (Å²) >= 11 is 5.66. The summed E-state index contributed by atoms with van der Waals surface area (Å²) < 4.78 is 26.8. The molecule has 0 aliphatic heterocycles. The Labute approximate surface area is 123 Å². The van der Waals surface area contributed by atoms with Crippen LogP contribution in [0.2, 0.25) is 5.02 Å². The molecule has 0 saturated carbocycles. The van der Waals surface area contributed by atoms with Gasteiger partial charge in [0.15, 0.2) is 0 Å². The van der Waals surface area contributed by atoms with Crippen molar-refractivity contribution in [2.24, 2.45) is 0 Å². The fourth-order valence-electron chi connectivity index (χ4n) is 1.71. The SMILES string of the molecule is O=C(Nc1cccc(F)c1C(=O)O)c1cccc(F)c1Cl. The number of halogens is 3. The van der Waals surface area contributed by atoms with Crippen molar-refractivity contribution >= 4 is 29.2 Å². The van der Waals surface area contributed by atoms with Crippen molar-refractivity contribution in [1.29, 1.82) is 0 Å². The maximum atomic E-state index is 13.5. The Morgan fingerprint density at radius 1 is 1.05 bits per heavy atom. The number of nitrogens with one attached hydrogen (secondary N) is 1. The van der Waals surface area contributed by atoms with Gasteiger partial charge in [0.05, 0.1) is 16.3 Å². The zero-order valence-corrected chi connectivity index (χ0v) is 11.1. The van der Waals surface area contributed by atoms with E-state index >= 15 is 0 Å². The van der Waals surface area contributed by atoms with E-state index in [4.69, 9.17) is 16.7 Å². The van der Waals surface area contributed by atoms with Gasteiger partial charge in [-0.25, -0.2) is 13.6 Å². The lowest BCUT2D eigenvalue weighted by molar-refractivity contribution is 0.0693. The van der Waals surface area contributed by atoms with Crippen LogP contribution in [0.4, 0.5) is 14.5 Å². The molecule has 0 radical (unpaired) electrons. The largest absolute Gasteiger partial charge is 0.478 e. The summed E-state index contributed by atoms with van der Waals surface area (Å²) in [5, 5.41) is 10.8. The summed E-state index contributed by atoms with van der Waals surface area (Å²) in [5.41, 5.74) is -1.11. The molecule has 0 saturated heterocycles. The number of hydrogen-bond acceptors (Lipinski definition) is 2. The van der Waals surface area contributed by atoms with Crippen LogP contribution in [0.1, 0.15) is 20.7 Å². The van der Waals surface area contributed by atoms with E-state index in [0.29, 0.717) is 0 Å². The van der Waals surface area contributed by atoms with E-state index in [-0.39, 0.29) is 11.3 Å². The molecule has 0 aromatic heterocycles. The van der Waals surface area contributed by atoms with Crippen molar-refractivity contribution in [3.63, 3.8) is 0 Å². The van der Waals surface area contributed by atoms with Gasteiger partial charge in [0.2, 0.25) is 0 Å². The van der Waals surface area contributed by atoms with Gasteiger partial charge in [0, 0.05) is 0 Å². The molecule has 21 heavy (non-hydrogen) atoms. The number of benzene rings is 2. The number of carboxylic acids is 1. The number of rotatable bonds is 3. The predicted molar refractivity (Wildman–Crippen MR) is 72.7 cm³/mol. The number of carbonyl (C=O) groups is 2. The lowest BCUT2D eigenvalue weighted by atomic mass is 10.1. The molecule has 2 N–H and O–H groups in total. The summed E-state index contributed by atoms with van der Waals surface area (Å²) in [6.07, 6.45) is 0. The number of hydrogen-bond donors (Lipinski definition) is 2. The lowest BCUT2D eigenvalue weighted by Crippen LogP contribution is -2.16. The second-order valence-corrected chi connectivity index (χ2v) is 4.40. The quantitative estimate of drug-likeness (QED) is 0.910. The van der Waals surface area contributed by atoms with Crippen LogP contribution in [0.5, 0.6) is 0 Å². The molecule has 108 valence electrons. The maximum Gasteiger partial charge on any atom is 0.340 e. The van der Waals surface area contributed by atoms with E-state index in [0.717, 1.165) is 12.1 Å². The first-order valence-corrected chi connectivity index (χ1v) is 6.06. The van der Waals surface area contributed by atoms with Crippen LogP contribution < -0.4 is 5.32 Å². The standard InChI is InChI=1S/C14H8ClF2NO3/c15-12-7(3-1-5-9(12)17)13(19)18-10-6-2-4-8(16)11(10)14(20)21/h1-6H,(H,18,19)(H,20,21). The van der Waals surface area contributed by atoms with Gasteiger partial charge < -0.3 is 10.4 Å². The van der Waals surface area contributed by atoms with Gasteiger partial charge in [0.25, 0.3) is 5.91 Å². The van der Waals surface area contributed by atoms with Gasteiger partial charge in [-0.15, -0.1) is 0 Å². The zero-order chi connectivity index (χ0) is 15.6. The van der Waals surface area contributed by atoms with Gasteiger partial charge in [-0.1, -0.05) is 23.7 Å². The van der Waals surface area contributed by atoms with Crippen LogP contribution in [0, 0.1) is 11.6 Å². The molecule has 2 aromatic rings. The Kier molecular flexibility index (Phi) is 4.18. The summed E-state index contributed by atoms with van der Waals surface area (Å²) in [7, 11) is 0. The first-order valence-electron chi connectivity index (χ1n) is 5.69. The lowest BCUT2D eigenvalue weighted by Gasteiger charge is -2.10. The van der Waals surface area contributed by atoms with E-state index < -0.39 is 34.1 Å². The highest BCUT2D eigenvalue weighted by Crippen LogP contribution is 2.23. The molecule has 0 fully saturated rings. The fourth-order valence-corrected chi connectivity index (χ4v) is 1.93. The Balaban J connectivity index is 2.39. The van der Waals surface area contributed by atoms with Crippen LogP contribution in [-0.2, 0) is 0 Å². The zero-order valence-electron chi connectivity index (χ0n) is 10.4. The van der Waals surface area contributed by atoms with Crippen molar-refractivity contribution in [3.8, 4) is 0 Å². The second kappa shape index (κ2) is 5.88. The smallest absolute Gasteiger partial charge is 0.340 e. The molecule has 0 aliphatic carbocycles. The van der Waals surface area contributed by atoms with Crippen LogP contribution in [0.25, 0.3) is 0 Å². The summed E-state index contributed by atoms with van der Waals surface area (Å²) in [6, 6.07) is 7.03. The maximum absolute atomic E-state index is 13.5. The van der Waals surface area contributed by atoms with Crippen molar-refractivity contribution in [1.82, 2.24) is 0 Å². The Morgan fingerprint density at radius 3 is 2.33 bits per heavy atom. The molecule has 0 aliphatic rings. The van der Waals surface area contributed by atoms with Crippen molar-refractivity contribution in [2.45, 2.75) is 0 Å². The van der Waals surface area contributed by atoms with Crippen LogP contribution in [0.15, 0.2) is 36.4 Å². The third-order valence-corrected chi connectivity index (χ3v) is 3.06. The minimum absolute atomic E-state index is 0.183. The summed E-state index contributed by atoms with van der Waals surface area (Å²) in [4.78, 5) is 23.0. The molecule has 0 unspecified atom stereocenters. The Morgan fingerprint density at radius 2 is 1.67 bits per heavy atom. The molecular formula is C14H8ClF2NO3.